The summed E-state index contributed by atoms with van der Waals surface area (Å²) >= 11 is 0. The number of amides is 1. The van der Waals surface area contributed by atoms with E-state index >= 15 is 0 Å². The van der Waals surface area contributed by atoms with E-state index in [1.807, 2.05) is 36.4 Å². The van der Waals surface area contributed by atoms with Gasteiger partial charge in [0.1, 0.15) is 5.75 Å². The second-order valence-corrected chi connectivity index (χ2v) is 6.50. The van der Waals surface area contributed by atoms with Crippen LogP contribution in [0.5, 0.6) is 5.75 Å². The molecule has 0 saturated carbocycles. The van der Waals surface area contributed by atoms with Crippen molar-refractivity contribution < 1.29 is 19.1 Å². The molecule has 0 atom stereocenters. The highest BCUT2D eigenvalue weighted by molar-refractivity contribution is 5.91. The lowest BCUT2D eigenvalue weighted by Gasteiger charge is -2.08. The van der Waals surface area contributed by atoms with Crippen LogP contribution >= 0.6 is 0 Å². The van der Waals surface area contributed by atoms with Crippen LogP contribution in [-0.4, -0.2) is 25.6 Å². The maximum Gasteiger partial charge on any atom is 0.338 e. The molecule has 0 aliphatic heterocycles. The van der Waals surface area contributed by atoms with Gasteiger partial charge in [0, 0.05) is 6.54 Å². The van der Waals surface area contributed by atoms with Crippen LogP contribution in [-0.2, 0) is 22.5 Å². The Hall–Kier alpha value is -2.82. The minimum Gasteiger partial charge on any atom is -0.497 e. The summed E-state index contributed by atoms with van der Waals surface area (Å²) in [4.78, 5) is 23.8. The van der Waals surface area contributed by atoms with Crippen LogP contribution in [0.2, 0.25) is 0 Å². The third-order valence-electron chi connectivity index (χ3n) is 3.82. The molecule has 26 heavy (non-hydrogen) atoms. The van der Waals surface area contributed by atoms with Crippen molar-refractivity contribution in [3.63, 3.8) is 0 Å². The van der Waals surface area contributed by atoms with E-state index in [9.17, 15) is 9.59 Å². The molecule has 0 heterocycles. The number of hydrogen-bond acceptors (Lipinski definition) is 4. The normalized spacial score (nSPS) is 10.5. The van der Waals surface area contributed by atoms with Crippen molar-refractivity contribution in [2.45, 2.75) is 26.8 Å². The summed E-state index contributed by atoms with van der Waals surface area (Å²) in [5.74, 6) is 0.474. The average molecular weight is 355 g/mol. The SMILES string of the molecule is COc1ccc(CNC(=O)COC(=O)c2ccc(CC(C)C)cc2)cc1. The van der Waals surface area contributed by atoms with Crippen molar-refractivity contribution in [1.29, 1.82) is 0 Å². The average Bonchev–Trinajstić information content (AvgIpc) is 2.65. The van der Waals surface area contributed by atoms with E-state index in [1.165, 1.54) is 5.56 Å². The van der Waals surface area contributed by atoms with Gasteiger partial charge in [-0.2, -0.15) is 0 Å². The van der Waals surface area contributed by atoms with E-state index in [-0.39, 0.29) is 12.5 Å². The second kappa shape index (κ2) is 9.61. The molecule has 5 nitrogen and oxygen atoms in total. The summed E-state index contributed by atoms with van der Waals surface area (Å²) in [7, 11) is 1.60. The van der Waals surface area contributed by atoms with Gasteiger partial charge >= 0.3 is 5.97 Å². The van der Waals surface area contributed by atoms with Gasteiger partial charge in [-0.25, -0.2) is 4.79 Å². The Morgan fingerprint density at radius 2 is 1.58 bits per heavy atom. The predicted molar refractivity (Wildman–Crippen MR) is 100 cm³/mol. The highest BCUT2D eigenvalue weighted by atomic mass is 16.5. The molecule has 1 amide bonds. The third-order valence-corrected chi connectivity index (χ3v) is 3.82. The first-order valence-corrected chi connectivity index (χ1v) is 8.63. The van der Waals surface area contributed by atoms with Crippen molar-refractivity contribution in [2.24, 2.45) is 5.92 Å². The monoisotopic (exact) mass is 355 g/mol. The Bertz CT molecular complexity index is 721. The number of ether oxygens (including phenoxy) is 2. The van der Waals surface area contributed by atoms with E-state index in [0.29, 0.717) is 18.0 Å². The molecule has 0 spiro atoms. The Labute approximate surface area is 154 Å². The Morgan fingerprint density at radius 1 is 0.962 bits per heavy atom. The van der Waals surface area contributed by atoms with Gasteiger partial charge in [-0.3, -0.25) is 4.79 Å². The number of esters is 1. The molecule has 0 fully saturated rings. The number of methoxy groups -OCH3 is 1. The number of nitrogens with one attached hydrogen (secondary N) is 1. The van der Waals surface area contributed by atoms with E-state index in [0.717, 1.165) is 17.7 Å². The van der Waals surface area contributed by atoms with Gasteiger partial charge in [0.15, 0.2) is 6.61 Å². The Morgan fingerprint density at radius 3 is 2.15 bits per heavy atom. The first-order valence-electron chi connectivity index (χ1n) is 8.63. The zero-order valence-corrected chi connectivity index (χ0v) is 15.5. The molecular weight excluding hydrogens is 330 g/mol. The molecule has 0 aliphatic carbocycles. The number of carbonyl (C=O) groups excluding carboxylic acids is 2. The number of carbonyl (C=O) groups is 2. The summed E-state index contributed by atoms with van der Waals surface area (Å²) in [5.41, 5.74) is 2.56. The molecule has 0 aliphatic rings. The lowest BCUT2D eigenvalue weighted by Crippen LogP contribution is -2.28. The van der Waals surface area contributed by atoms with Crippen LogP contribution in [0.15, 0.2) is 48.5 Å². The highest BCUT2D eigenvalue weighted by Gasteiger charge is 2.10. The maximum atomic E-state index is 12.0. The number of hydrogen-bond donors (Lipinski definition) is 1. The van der Waals surface area contributed by atoms with E-state index < -0.39 is 5.97 Å². The molecule has 2 aromatic rings. The van der Waals surface area contributed by atoms with Gasteiger partial charge in [0.2, 0.25) is 0 Å². The van der Waals surface area contributed by atoms with E-state index in [4.69, 9.17) is 9.47 Å². The fourth-order valence-corrected chi connectivity index (χ4v) is 2.46. The summed E-state index contributed by atoms with van der Waals surface area (Å²) in [6.07, 6.45) is 0.961. The van der Waals surface area contributed by atoms with Crippen molar-refractivity contribution in [3.8, 4) is 5.75 Å². The van der Waals surface area contributed by atoms with Crippen LogP contribution in [0, 0.1) is 5.92 Å². The molecule has 0 aromatic heterocycles. The molecule has 0 bridgehead atoms. The van der Waals surface area contributed by atoms with E-state index in [2.05, 4.69) is 19.2 Å². The Kier molecular flexibility index (Phi) is 7.21. The third kappa shape index (κ3) is 6.24. The molecule has 2 rings (SSSR count). The maximum absolute atomic E-state index is 12.0. The first-order chi connectivity index (χ1) is 12.5. The minimum absolute atomic E-state index is 0.303. The van der Waals surface area contributed by atoms with E-state index in [1.54, 1.807) is 19.2 Å². The molecule has 0 unspecified atom stereocenters. The Balaban J connectivity index is 1.76. The fraction of sp³-hybridized carbons (Fsp3) is 0.333. The van der Waals surface area contributed by atoms with Crippen LogP contribution in [0.3, 0.4) is 0 Å². The molecular formula is C21H25NO4. The molecule has 0 radical (unpaired) electrons. The van der Waals surface area contributed by atoms with Crippen molar-refractivity contribution in [3.05, 3.63) is 65.2 Å². The number of rotatable bonds is 8. The summed E-state index contributed by atoms with van der Waals surface area (Å²) in [6, 6.07) is 14.7. The van der Waals surface area contributed by atoms with Gasteiger partial charge in [0.05, 0.1) is 12.7 Å². The standard InChI is InChI=1S/C21H25NO4/c1-15(2)12-16-4-8-18(9-5-16)21(24)26-14-20(23)22-13-17-6-10-19(25-3)11-7-17/h4-11,15H,12-14H2,1-3H3,(H,22,23). The van der Waals surface area contributed by atoms with Gasteiger partial charge in [-0.1, -0.05) is 38.1 Å². The lowest BCUT2D eigenvalue weighted by molar-refractivity contribution is -0.124. The minimum atomic E-state index is -0.499. The van der Waals surface area contributed by atoms with Gasteiger partial charge in [-0.05, 0) is 47.7 Å². The zero-order valence-electron chi connectivity index (χ0n) is 15.5. The van der Waals surface area contributed by atoms with Gasteiger partial charge in [0.25, 0.3) is 5.91 Å². The molecule has 2 aromatic carbocycles. The van der Waals surface area contributed by atoms with Gasteiger partial charge in [-0.15, -0.1) is 0 Å². The summed E-state index contributed by atoms with van der Waals surface area (Å²) in [6.45, 7) is 4.35. The van der Waals surface area contributed by atoms with Crippen molar-refractivity contribution in [2.75, 3.05) is 13.7 Å². The van der Waals surface area contributed by atoms with Crippen molar-refractivity contribution in [1.82, 2.24) is 5.32 Å². The van der Waals surface area contributed by atoms with Gasteiger partial charge < -0.3 is 14.8 Å². The van der Waals surface area contributed by atoms with Crippen LogP contribution in [0.25, 0.3) is 0 Å². The van der Waals surface area contributed by atoms with Crippen LogP contribution in [0.4, 0.5) is 0 Å². The zero-order chi connectivity index (χ0) is 18.9. The molecule has 0 saturated heterocycles. The summed E-state index contributed by atoms with van der Waals surface area (Å²) < 4.78 is 10.1. The largest absolute Gasteiger partial charge is 0.497 e. The second-order valence-electron chi connectivity index (χ2n) is 6.50. The van der Waals surface area contributed by atoms with Crippen LogP contribution < -0.4 is 10.1 Å². The highest BCUT2D eigenvalue weighted by Crippen LogP contribution is 2.12. The molecule has 1 N–H and O–H groups in total. The molecule has 138 valence electrons. The number of benzene rings is 2. The fourth-order valence-electron chi connectivity index (χ4n) is 2.46. The topological polar surface area (TPSA) is 64.6 Å². The summed E-state index contributed by atoms with van der Waals surface area (Å²) in [5, 5.41) is 2.72. The lowest BCUT2D eigenvalue weighted by atomic mass is 10.0. The first kappa shape index (κ1) is 19.5. The smallest absolute Gasteiger partial charge is 0.338 e. The van der Waals surface area contributed by atoms with Crippen molar-refractivity contribution >= 4 is 11.9 Å². The predicted octanol–water partition coefficient (Wildman–Crippen LogP) is 3.37. The van der Waals surface area contributed by atoms with Crippen LogP contribution in [0.1, 0.15) is 35.3 Å². The molecule has 5 heteroatoms. The quantitative estimate of drug-likeness (QED) is 0.738.